The molecule has 0 aliphatic carbocycles. The highest BCUT2D eigenvalue weighted by Crippen LogP contribution is 2.10. The van der Waals surface area contributed by atoms with E-state index in [1.165, 1.54) is 5.56 Å². The highest BCUT2D eigenvalue weighted by atomic mass is 16.4. The van der Waals surface area contributed by atoms with Crippen molar-refractivity contribution in [2.75, 3.05) is 25.0 Å². The minimum atomic E-state index is -1.82. The Bertz CT molecular complexity index is 783. The number of aliphatic hydroxyl groups is 1. The number of carbonyl (C=O) groups excluding carboxylic acids is 1. The number of anilines is 1. The Labute approximate surface area is 169 Å². The third kappa shape index (κ3) is 10.6. The van der Waals surface area contributed by atoms with Gasteiger partial charge in [-0.25, -0.2) is 9.59 Å². The van der Waals surface area contributed by atoms with Gasteiger partial charge in [0.2, 0.25) is 5.91 Å². The van der Waals surface area contributed by atoms with E-state index < -0.39 is 11.9 Å². The van der Waals surface area contributed by atoms with E-state index in [2.05, 4.69) is 22.3 Å². The first-order valence-corrected chi connectivity index (χ1v) is 9.01. The van der Waals surface area contributed by atoms with E-state index in [4.69, 9.17) is 19.8 Å². The highest BCUT2D eigenvalue weighted by molar-refractivity contribution is 6.27. The number of aliphatic carboxylic acids is 2. The third-order valence-electron chi connectivity index (χ3n) is 3.81. The highest BCUT2D eigenvalue weighted by Gasteiger charge is 2.09. The second-order valence-electron chi connectivity index (χ2n) is 6.26. The Balaban J connectivity index is 0.000000612. The lowest BCUT2D eigenvalue weighted by molar-refractivity contribution is -0.159. The molecule has 2 aromatic rings. The molecule has 0 heterocycles. The average molecular weight is 402 g/mol. The van der Waals surface area contributed by atoms with Crippen LogP contribution in [0.1, 0.15) is 17.5 Å². The first kappa shape index (κ1) is 23.8. The van der Waals surface area contributed by atoms with Gasteiger partial charge in [-0.05, 0) is 30.2 Å². The molecule has 0 fully saturated rings. The lowest BCUT2D eigenvalue weighted by Crippen LogP contribution is -2.30. The Morgan fingerprint density at radius 3 is 2.14 bits per heavy atom. The average Bonchev–Trinajstić information content (AvgIpc) is 2.67. The number of rotatable bonds is 8. The molecule has 0 saturated carbocycles. The summed E-state index contributed by atoms with van der Waals surface area (Å²) in [7, 11) is 0. The molecule has 2 aromatic carbocycles. The Morgan fingerprint density at radius 2 is 1.59 bits per heavy atom. The number of nitrogens with one attached hydrogen (secondary N) is 1. The van der Waals surface area contributed by atoms with Crippen LogP contribution in [0.25, 0.3) is 0 Å². The van der Waals surface area contributed by atoms with Crippen LogP contribution in [0.3, 0.4) is 0 Å². The first-order chi connectivity index (χ1) is 13.8. The molecule has 0 aliphatic heterocycles. The van der Waals surface area contributed by atoms with Crippen molar-refractivity contribution in [3.8, 4) is 0 Å². The maximum Gasteiger partial charge on any atom is 0.414 e. The van der Waals surface area contributed by atoms with Crippen LogP contribution in [0.2, 0.25) is 0 Å². The van der Waals surface area contributed by atoms with Crippen molar-refractivity contribution in [1.82, 2.24) is 4.90 Å². The topological polar surface area (TPSA) is 127 Å². The van der Waals surface area contributed by atoms with Crippen LogP contribution < -0.4 is 5.32 Å². The minimum Gasteiger partial charge on any atom is -0.473 e. The van der Waals surface area contributed by atoms with Crippen molar-refractivity contribution < 1.29 is 29.7 Å². The van der Waals surface area contributed by atoms with Gasteiger partial charge < -0.3 is 20.6 Å². The number of aryl methyl sites for hydroxylation is 1. The zero-order chi connectivity index (χ0) is 21.6. The van der Waals surface area contributed by atoms with Gasteiger partial charge >= 0.3 is 11.9 Å². The van der Waals surface area contributed by atoms with E-state index >= 15 is 0 Å². The van der Waals surface area contributed by atoms with Crippen molar-refractivity contribution in [2.45, 2.75) is 19.9 Å². The van der Waals surface area contributed by atoms with E-state index in [9.17, 15) is 9.90 Å². The molecule has 29 heavy (non-hydrogen) atoms. The van der Waals surface area contributed by atoms with E-state index in [1.807, 2.05) is 49.4 Å². The molecule has 8 heteroatoms. The summed E-state index contributed by atoms with van der Waals surface area (Å²) in [6.45, 7) is 4.00. The Morgan fingerprint density at radius 1 is 0.931 bits per heavy atom. The molecule has 0 spiro atoms. The second-order valence-corrected chi connectivity index (χ2v) is 6.26. The predicted octanol–water partition coefficient (Wildman–Crippen LogP) is 1.97. The molecule has 0 aliphatic rings. The fraction of sp³-hybridized carbons (Fsp3) is 0.286. The number of carboxylic acids is 2. The quantitative estimate of drug-likeness (QED) is 0.497. The molecule has 1 amide bonds. The van der Waals surface area contributed by atoms with Crippen LogP contribution >= 0.6 is 0 Å². The maximum atomic E-state index is 12.1. The summed E-state index contributed by atoms with van der Waals surface area (Å²) < 4.78 is 0. The summed E-state index contributed by atoms with van der Waals surface area (Å²) in [5, 5.41) is 26.9. The molecule has 0 bridgehead atoms. The molecular weight excluding hydrogens is 376 g/mol. The van der Waals surface area contributed by atoms with E-state index in [-0.39, 0.29) is 12.5 Å². The minimum absolute atomic E-state index is 0.00778. The van der Waals surface area contributed by atoms with Crippen molar-refractivity contribution >= 4 is 23.5 Å². The number of carbonyl (C=O) groups is 3. The molecule has 0 unspecified atom stereocenters. The lowest BCUT2D eigenvalue weighted by Gasteiger charge is -2.21. The van der Waals surface area contributed by atoms with Gasteiger partial charge in [0.25, 0.3) is 0 Å². The standard InChI is InChI=1S/C19H24N2O2.C2H2O4/c1-16-6-5-9-18(14-16)20-19(23)10-11-21(12-13-22)15-17-7-3-2-4-8-17;3-1(4)2(5)6/h2-9,14,22H,10-13,15H2,1H3,(H,20,23);(H,3,4)(H,5,6). The molecule has 2 rings (SSSR count). The smallest absolute Gasteiger partial charge is 0.414 e. The monoisotopic (exact) mass is 402 g/mol. The predicted molar refractivity (Wildman–Crippen MR) is 109 cm³/mol. The fourth-order valence-corrected chi connectivity index (χ4v) is 2.46. The van der Waals surface area contributed by atoms with Gasteiger partial charge in [-0.1, -0.05) is 42.5 Å². The molecule has 8 nitrogen and oxygen atoms in total. The zero-order valence-corrected chi connectivity index (χ0v) is 16.2. The van der Waals surface area contributed by atoms with Gasteiger partial charge in [-0.3, -0.25) is 9.69 Å². The summed E-state index contributed by atoms with van der Waals surface area (Å²) in [5.74, 6) is -3.66. The number of nitrogens with zero attached hydrogens (tertiary/aromatic N) is 1. The number of hydrogen-bond donors (Lipinski definition) is 4. The fourth-order valence-electron chi connectivity index (χ4n) is 2.46. The van der Waals surface area contributed by atoms with Crippen LogP contribution in [0.5, 0.6) is 0 Å². The van der Waals surface area contributed by atoms with Crippen LogP contribution in [0, 0.1) is 6.92 Å². The van der Waals surface area contributed by atoms with Crippen molar-refractivity contribution in [3.05, 3.63) is 65.7 Å². The second kappa shape index (κ2) is 13.0. The molecule has 0 aromatic heterocycles. The largest absolute Gasteiger partial charge is 0.473 e. The number of hydrogen-bond acceptors (Lipinski definition) is 5. The number of benzene rings is 2. The van der Waals surface area contributed by atoms with Crippen molar-refractivity contribution in [2.24, 2.45) is 0 Å². The van der Waals surface area contributed by atoms with Crippen molar-refractivity contribution in [1.29, 1.82) is 0 Å². The molecule has 156 valence electrons. The summed E-state index contributed by atoms with van der Waals surface area (Å²) in [4.78, 5) is 32.4. The summed E-state index contributed by atoms with van der Waals surface area (Å²) in [5.41, 5.74) is 3.13. The number of carboxylic acid groups (broad SMARTS) is 2. The van der Waals surface area contributed by atoms with Gasteiger partial charge in [0.05, 0.1) is 6.61 Å². The first-order valence-electron chi connectivity index (χ1n) is 9.01. The van der Waals surface area contributed by atoms with Gasteiger partial charge in [-0.15, -0.1) is 0 Å². The molecular formula is C21H26N2O6. The Hall–Kier alpha value is -3.23. The summed E-state index contributed by atoms with van der Waals surface area (Å²) >= 11 is 0. The van der Waals surface area contributed by atoms with Crippen LogP contribution in [-0.2, 0) is 20.9 Å². The van der Waals surface area contributed by atoms with E-state index in [0.717, 1.165) is 17.8 Å². The van der Waals surface area contributed by atoms with Gasteiger partial charge in [0, 0.05) is 31.7 Å². The van der Waals surface area contributed by atoms with Crippen molar-refractivity contribution in [3.63, 3.8) is 0 Å². The van der Waals surface area contributed by atoms with Crippen LogP contribution in [0.4, 0.5) is 5.69 Å². The van der Waals surface area contributed by atoms with Crippen LogP contribution in [0.15, 0.2) is 54.6 Å². The maximum absolute atomic E-state index is 12.1. The number of amides is 1. The number of aliphatic hydroxyl groups excluding tert-OH is 1. The van der Waals surface area contributed by atoms with Crippen LogP contribution in [-0.4, -0.2) is 57.8 Å². The SMILES string of the molecule is Cc1cccc(NC(=O)CCN(CCO)Cc2ccccc2)c1.O=C(O)C(=O)O. The molecule has 0 atom stereocenters. The molecule has 0 radical (unpaired) electrons. The third-order valence-corrected chi connectivity index (χ3v) is 3.81. The van der Waals surface area contributed by atoms with Gasteiger partial charge in [0.15, 0.2) is 0 Å². The normalized spacial score (nSPS) is 10.0. The molecule has 0 saturated heterocycles. The van der Waals surface area contributed by atoms with Gasteiger partial charge in [0.1, 0.15) is 0 Å². The molecule has 4 N–H and O–H groups in total. The summed E-state index contributed by atoms with van der Waals surface area (Å²) in [6, 6.07) is 17.8. The van der Waals surface area contributed by atoms with E-state index in [1.54, 1.807) is 0 Å². The lowest BCUT2D eigenvalue weighted by atomic mass is 10.2. The van der Waals surface area contributed by atoms with E-state index in [0.29, 0.717) is 19.5 Å². The van der Waals surface area contributed by atoms with Gasteiger partial charge in [-0.2, -0.15) is 0 Å². The Kier molecular flexibility index (Phi) is 10.7. The zero-order valence-electron chi connectivity index (χ0n) is 16.2. The summed E-state index contributed by atoms with van der Waals surface area (Å²) in [6.07, 6.45) is 0.404.